The lowest BCUT2D eigenvalue weighted by molar-refractivity contribution is -0.124. The van der Waals surface area contributed by atoms with Gasteiger partial charge in [-0.15, -0.1) is 0 Å². The summed E-state index contributed by atoms with van der Waals surface area (Å²) in [6.45, 7) is 9.97. The van der Waals surface area contributed by atoms with Gasteiger partial charge in [0.25, 0.3) is 0 Å². The number of nitrogens with two attached hydrogens (primary N) is 2. The zero-order chi connectivity index (χ0) is 14.8. The van der Waals surface area contributed by atoms with E-state index in [1.807, 2.05) is 0 Å². The zero-order valence-corrected chi connectivity index (χ0v) is 13.2. The third kappa shape index (κ3) is 3.69. The smallest absolute Gasteiger partial charge is 0.237 e. The van der Waals surface area contributed by atoms with E-state index in [1.165, 1.54) is 0 Å². The molecule has 1 aliphatic carbocycles. The van der Waals surface area contributed by atoms with Gasteiger partial charge >= 0.3 is 0 Å². The Labute approximate surface area is 117 Å². The second kappa shape index (κ2) is 5.80. The predicted octanol–water partition coefficient (Wildman–Crippen LogP) is 1.73. The lowest BCUT2D eigenvalue weighted by Gasteiger charge is -2.37. The average Bonchev–Trinajstić information content (AvgIpc) is 2.66. The van der Waals surface area contributed by atoms with Gasteiger partial charge in [-0.25, -0.2) is 0 Å². The molecule has 0 spiro atoms. The second-order valence-corrected chi connectivity index (χ2v) is 7.31. The van der Waals surface area contributed by atoms with Crippen LogP contribution < -0.4 is 11.5 Å². The summed E-state index contributed by atoms with van der Waals surface area (Å²) in [5.74, 6) is -0.0962. The van der Waals surface area contributed by atoms with Gasteiger partial charge in [0, 0.05) is 6.04 Å². The molecule has 19 heavy (non-hydrogen) atoms. The molecule has 1 rings (SSSR count). The molecular formula is C15H31N3O. The maximum atomic E-state index is 11.6. The molecule has 1 aliphatic rings. The largest absolute Gasteiger partial charge is 0.368 e. The van der Waals surface area contributed by atoms with Crippen molar-refractivity contribution in [1.29, 1.82) is 0 Å². The van der Waals surface area contributed by atoms with Crippen LogP contribution in [-0.2, 0) is 4.79 Å². The fourth-order valence-electron chi connectivity index (χ4n) is 3.04. The number of carbonyl (C=O) groups excluding carboxylic acids is 1. The topological polar surface area (TPSA) is 72.3 Å². The molecule has 0 aliphatic heterocycles. The highest BCUT2D eigenvalue weighted by molar-refractivity contribution is 5.85. The normalized spacial score (nSPS) is 29.7. The first-order valence-electron chi connectivity index (χ1n) is 7.38. The van der Waals surface area contributed by atoms with E-state index in [0.29, 0.717) is 6.04 Å². The van der Waals surface area contributed by atoms with Crippen LogP contribution in [0.15, 0.2) is 0 Å². The highest BCUT2D eigenvalue weighted by atomic mass is 16.1. The van der Waals surface area contributed by atoms with Crippen LogP contribution in [0.5, 0.6) is 0 Å². The van der Waals surface area contributed by atoms with Crippen LogP contribution in [0.2, 0.25) is 0 Å². The van der Waals surface area contributed by atoms with Crippen molar-refractivity contribution in [2.75, 3.05) is 13.6 Å². The summed E-state index contributed by atoms with van der Waals surface area (Å²) in [4.78, 5) is 13.9. The van der Waals surface area contributed by atoms with Gasteiger partial charge in [-0.2, -0.15) is 0 Å². The molecule has 0 saturated heterocycles. The SMILES string of the molecule is CC(N(C)CCC1CCCC1(N)C(N)=O)C(C)(C)C. The zero-order valence-electron chi connectivity index (χ0n) is 13.2. The first-order valence-corrected chi connectivity index (χ1v) is 7.38. The Balaban J connectivity index is 2.55. The van der Waals surface area contributed by atoms with E-state index in [4.69, 9.17) is 11.5 Å². The summed E-state index contributed by atoms with van der Waals surface area (Å²) >= 11 is 0. The number of nitrogens with zero attached hydrogens (tertiary/aromatic N) is 1. The molecule has 0 aromatic carbocycles. The summed E-state index contributed by atoms with van der Waals surface area (Å²) in [6, 6.07) is 0.495. The molecule has 0 aromatic heterocycles. The summed E-state index contributed by atoms with van der Waals surface area (Å²) in [7, 11) is 2.15. The molecule has 3 unspecified atom stereocenters. The van der Waals surface area contributed by atoms with Gasteiger partial charge in [-0.3, -0.25) is 4.79 Å². The molecule has 4 heteroatoms. The summed E-state index contributed by atoms with van der Waals surface area (Å²) in [5, 5.41) is 0. The molecule has 1 saturated carbocycles. The van der Waals surface area contributed by atoms with Crippen LogP contribution in [0.1, 0.15) is 53.4 Å². The van der Waals surface area contributed by atoms with E-state index in [1.54, 1.807) is 0 Å². The molecule has 0 radical (unpaired) electrons. The van der Waals surface area contributed by atoms with Gasteiger partial charge in [0.15, 0.2) is 0 Å². The van der Waals surface area contributed by atoms with Crippen molar-refractivity contribution in [1.82, 2.24) is 4.90 Å². The highest BCUT2D eigenvalue weighted by Crippen LogP contribution is 2.36. The molecular weight excluding hydrogens is 238 g/mol. The van der Waals surface area contributed by atoms with E-state index in [-0.39, 0.29) is 17.2 Å². The standard InChI is InChI=1S/C15H31N3O/c1-11(14(2,3)4)18(5)10-8-12-7-6-9-15(12,17)13(16)19/h11-12H,6-10,17H2,1-5H3,(H2,16,19). The van der Waals surface area contributed by atoms with E-state index in [0.717, 1.165) is 32.2 Å². The molecule has 0 heterocycles. The molecule has 0 aromatic rings. The number of primary amides is 1. The van der Waals surface area contributed by atoms with Crippen molar-refractivity contribution in [3.05, 3.63) is 0 Å². The van der Waals surface area contributed by atoms with E-state index in [2.05, 4.69) is 39.6 Å². The lowest BCUT2D eigenvalue weighted by atomic mass is 9.83. The van der Waals surface area contributed by atoms with Gasteiger partial charge in [0.1, 0.15) is 0 Å². The molecule has 0 bridgehead atoms. The van der Waals surface area contributed by atoms with Gasteiger partial charge in [0.05, 0.1) is 5.54 Å². The third-order valence-corrected chi connectivity index (χ3v) is 5.08. The minimum Gasteiger partial charge on any atom is -0.368 e. The fraction of sp³-hybridized carbons (Fsp3) is 0.933. The predicted molar refractivity (Wildman–Crippen MR) is 79.6 cm³/mol. The Morgan fingerprint density at radius 1 is 1.47 bits per heavy atom. The summed E-state index contributed by atoms with van der Waals surface area (Å²) in [5.41, 5.74) is 11.2. The lowest BCUT2D eigenvalue weighted by Crippen LogP contribution is -2.55. The van der Waals surface area contributed by atoms with Crippen LogP contribution in [-0.4, -0.2) is 36.0 Å². The number of hydrogen-bond donors (Lipinski definition) is 2. The van der Waals surface area contributed by atoms with Crippen LogP contribution >= 0.6 is 0 Å². The van der Waals surface area contributed by atoms with Crippen LogP contribution in [0, 0.1) is 11.3 Å². The van der Waals surface area contributed by atoms with Crippen molar-refractivity contribution in [3.8, 4) is 0 Å². The first-order chi connectivity index (χ1) is 8.59. The van der Waals surface area contributed by atoms with Crippen LogP contribution in [0.4, 0.5) is 0 Å². The maximum Gasteiger partial charge on any atom is 0.237 e. The van der Waals surface area contributed by atoms with Crippen molar-refractivity contribution < 1.29 is 4.79 Å². The number of rotatable bonds is 5. The molecule has 1 fully saturated rings. The summed E-state index contributed by atoms with van der Waals surface area (Å²) < 4.78 is 0. The van der Waals surface area contributed by atoms with Crippen molar-refractivity contribution >= 4 is 5.91 Å². The fourth-order valence-corrected chi connectivity index (χ4v) is 3.04. The average molecular weight is 269 g/mol. The minimum atomic E-state index is -0.772. The number of carbonyl (C=O) groups is 1. The van der Waals surface area contributed by atoms with Crippen LogP contribution in [0.25, 0.3) is 0 Å². The molecule has 4 N–H and O–H groups in total. The quantitative estimate of drug-likeness (QED) is 0.798. The number of hydrogen-bond acceptors (Lipinski definition) is 3. The monoisotopic (exact) mass is 269 g/mol. The summed E-state index contributed by atoms with van der Waals surface area (Å²) in [6.07, 6.45) is 3.74. The minimum absolute atomic E-state index is 0.236. The van der Waals surface area contributed by atoms with Crippen molar-refractivity contribution in [2.24, 2.45) is 22.8 Å². The van der Waals surface area contributed by atoms with Gasteiger partial charge < -0.3 is 16.4 Å². The van der Waals surface area contributed by atoms with Gasteiger partial charge in [-0.05, 0) is 51.1 Å². The third-order valence-electron chi connectivity index (χ3n) is 5.08. The molecule has 1 amide bonds. The molecule has 3 atom stereocenters. The highest BCUT2D eigenvalue weighted by Gasteiger charge is 2.44. The van der Waals surface area contributed by atoms with E-state index < -0.39 is 5.54 Å². The Bertz CT molecular complexity index is 324. The number of amides is 1. The Kier molecular flexibility index (Phi) is 5.02. The van der Waals surface area contributed by atoms with E-state index in [9.17, 15) is 4.79 Å². The van der Waals surface area contributed by atoms with Gasteiger partial charge in [0.2, 0.25) is 5.91 Å². The molecule has 112 valence electrons. The Morgan fingerprint density at radius 3 is 2.53 bits per heavy atom. The van der Waals surface area contributed by atoms with Crippen molar-refractivity contribution in [3.63, 3.8) is 0 Å². The second-order valence-electron chi connectivity index (χ2n) is 7.31. The van der Waals surface area contributed by atoms with Crippen LogP contribution in [0.3, 0.4) is 0 Å². The Morgan fingerprint density at radius 2 is 2.05 bits per heavy atom. The van der Waals surface area contributed by atoms with Gasteiger partial charge in [-0.1, -0.05) is 27.2 Å². The Hall–Kier alpha value is -0.610. The first kappa shape index (κ1) is 16.4. The van der Waals surface area contributed by atoms with Crippen molar-refractivity contribution in [2.45, 2.75) is 65.0 Å². The van der Waals surface area contributed by atoms with E-state index >= 15 is 0 Å². The molecule has 4 nitrogen and oxygen atoms in total. The maximum absolute atomic E-state index is 11.6.